The molecule has 212 valence electrons. The van der Waals surface area contributed by atoms with Crippen LogP contribution in [-0.4, -0.2) is 45.2 Å². The molecule has 0 radical (unpaired) electrons. The number of ketones is 1. The summed E-state index contributed by atoms with van der Waals surface area (Å²) in [6.07, 6.45) is 0.815. The van der Waals surface area contributed by atoms with E-state index in [2.05, 4.69) is 5.32 Å². The van der Waals surface area contributed by atoms with Crippen LogP contribution in [-0.2, 0) is 19.1 Å². The Labute approximate surface area is 234 Å². The van der Waals surface area contributed by atoms with Gasteiger partial charge in [-0.3, -0.25) is 9.59 Å². The van der Waals surface area contributed by atoms with Crippen LogP contribution < -0.4 is 24.3 Å². The molecule has 1 heterocycles. The summed E-state index contributed by atoms with van der Waals surface area (Å²) < 4.78 is 27.4. The largest absolute Gasteiger partial charge is 0.493 e. The summed E-state index contributed by atoms with van der Waals surface area (Å²) in [4.78, 5) is 38.8. The summed E-state index contributed by atoms with van der Waals surface area (Å²) in [6.45, 7) is 7.22. The maximum Gasteiger partial charge on any atom is 0.336 e. The second kappa shape index (κ2) is 12.3. The first kappa shape index (κ1) is 28.7. The predicted molar refractivity (Wildman–Crippen MR) is 148 cm³/mol. The molecule has 0 saturated carbocycles. The molecule has 0 unspecified atom stereocenters. The van der Waals surface area contributed by atoms with Gasteiger partial charge in [0.05, 0.1) is 33.0 Å². The Kier molecular flexibility index (Phi) is 8.82. The number of hydrogen-bond acceptors (Lipinski definition) is 9. The number of carbonyl (C=O) groups is 3. The van der Waals surface area contributed by atoms with Crippen LogP contribution in [0.4, 0.5) is 0 Å². The standard InChI is InChI=1S/C31H35NO8/c1-7-38-27-16-20(10-12-25(27)40-18(4)33)29-28(31(35)39-8-2)17(3)32-22-13-21(14-23(34)30(22)29)19-9-11-24(36-5)26(15-19)37-6/h9-12,15-16,21,29,32H,7-8,13-14H2,1-6H3/t21-,29+/m1/s1. The highest BCUT2D eigenvalue weighted by Gasteiger charge is 2.41. The first-order valence-corrected chi connectivity index (χ1v) is 13.3. The van der Waals surface area contributed by atoms with Crippen LogP contribution in [0.2, 0.25) is 0 Å². The number of dihydropyridines is 1. The van der Waals surface area contributed by atoms with E-state index in [1.807, 2.05) is 32.0 Å². The van der Waals surface area contributed by atoms with Crippen LogP contribution in [0.5, 0.6) is 23.0 Å². The molecule has 2 aliphatic rings. The fourth-order valence-electron chi connectivity index (χ4n) is 5.41. The van der Waals surface area contributed by atoms with Crippen molar-refractivity contribution in [2.75, 3.05) is 27.4 Å². The predicted octanol–water partition coefficient (Wildman–Crippen LogP) is 4.95. The number of ether oxygens (including phenoxy) is 5. The number of allylic oxidation sites excluding steroid dienone is 3. The summed E-state index contributed by atoms with van der Waals surface area (Å²) in [7, 11) is 3.16. The number of methoxy groups -OCH3 is 2. The minimum Gasteiger partial charge on any atom is -0.493 e. The molecular weight excluding hydrogens is 514 g/mol. The van der Waals surface area contributed by atoms with E-state index in [4.69, 9.17) is 23.7 Å². The monoisotopic (exact) mass is 549 g/mol. The topological polar surface area (TPSA) is 109 Å². The van der Waals surface area contributed by atoms with Gasteiger partial charge in [-0.05, 0) is 68.5 Å². The molecule has 4 rings (SSSR count). The van der Waals surface area contributed by atoms with Gasteiger partial charge in [-0.2, -0.15) is 0 Å². The Morgan fingerprint density at radius 3 is 2.23 bits per heavy atom. The van der Waals surface area contributed by atoms with Crippen LogP contribution in [0.1, 0.15) is 63.5 Å². The van der Waals surface area contributed by atoms with Crippen molar-refractivity contribution >= 4 is 17.7 Å². The molecule has 2 aromatic carbocycles. The second-order valence-electron chi connectivity index (χ2n) is 9.58. The van der Waals surface area contributed by atoms with Crippen molar-refractivity contribution in [3.05, 3.63) is 70.1 Å². The number of hydrogen-bond donors (Lipinski definition) is 1. The van der Waals surface area contributed by atoms with Gasteiger partial charge >= 0.3 is 11.9 Å². The molecule has 0 bridgehead atoms. The van der Waals surface area contributed by atoms with Crippen molar-refractivity contribution in [1.29, 1.82) is 0 Å². The van der Waals surface area contributed by atoms with Gasteiger partial charge in [0.15, 0.2) is 28.8 Å². The smallest absolute Gasteiger partial charge is 0.336 e. The lowest BCUT2D eigenvalue weighted by molar-refractivity contribution is -0.139. The quantitative estimate of drug-likeness (QED) is 0.343. The maximum absolute atomic E-state index is 13.9. The third kappa shape index (κ3) is 5.68. The Bertz CT molecular complexity index is 1390. The lowest BCUT2D eigenvalue weighted by Gasteiger charge is -2.37. The number of rotatable bonds is 9. The molecule has 0 spiro atoms. The lowest BCUT2D eigenvalue weighted by atomic mass is 9.71. The molecule has 1 aliphatic carbocycles. The first-order valence-electron chi connectivity index (χ1n) is 13.3. The van der Waals surface area contributed by atoms with Crippen LogP contribution >= 0.6 is 0 Å². The van der Waals surface area contributed by atoms with Crippen molar-refractivity contribution in [2.45, 2.75) is 52.4 Å². The van der Waals surface area contributed by atoms with Gasteiger partial charge in [-0.1, -0.05) is 12.1 Å². The van der Waals surface area contributed by atoms with Gasteiger partial charge in [0.2, 0.25) is 0 Å². The molecule has 0 amide bonds. The molecule has 0 aromatic heterocycles. The van der Waals surface area contributed by atoms with Gasteiger partial charge in [0.25, 0.3) is 0 Å². The number of benzene rings is 2. The van der Waals surface area contributed by atoms with Crippen LogP contribution in [0.3, 0.4) is 0 Å². The van der Waals surface area contributed by atoms with Gasteiger partial charge in [-0.25, -0.2) is 4.79 Å². The molecule has 1 aliphatic heterocycles. The second-order valence-corrected chi connectivity index (χ2v) is 9.58. The Balaban J connectivity index is 1.81. The van der Waals surface area contributed by atoms with Gasteiger partial charge in [0, 0.05) is 36.2 Å². The first-order chi connectivity index (χ1) is 19.2. The average Bonchev–Trinajstić information content (AvgIpc) is 2.92. The van der Waals surface area contributed by atoms with Gasteiger partial charge < -0.3 is 29.0 Å². The third-order valence-electron chi connectivity index (χ3n) is 7.06. The zero-order chi connectivity index (χ0) is 29.0. The Morgan fingerprint density at radius 2 is 1.57 bits per heavy atom. The third-order valence-corrected chi connectivity index (χ3v) is 7.06. The van der Waals surface area contributed by atoms with E-state index < -0.39 is 17.9 Å². The van der Waals surface area contributed by atoms with Crippen LogP contribution in [0.15, 0.2) is 58.9 Å². The minimum absolute atomic E-state index is 0.0742. The van der Waals surface area contributed by atoms with E-state index in [0.29, 0.717) is 52.7 Å². The average molecular weight is 550 g/mol. The van der Waals surface area contributed by atoms with Crippen molar-refractivity contribution < 1.29 is 38.1 Å². The molecule has 0 saturated heterocycles. The number of esters is 2. The number of carbonyl (C=O) groups excluding carboxylic acids is 3. The molecule has 2 aromatic rings. The van der Waals surface area contributed by atoms with Crippen LogP contribution in [0, 0.1) is 0 Å². The number of nitrogens with one attached hydrogen (secondary N) is 1. The summed E-state index contributed by atoms with van der Waals surface area (Å²) in [6, 6.07) is 10.8. The van der Waals surface area contributed by atoms with Gasteiger partial charge in [0.1, 0.15) is 0 Å². The Hall–Kier alpha value is -4.27. The summed E-state index contributed by atoms with van der Waals surface area (Å²) in [5.74, 6) is -0.00142. The SMILES string of the molecule is CCOC(=O)C1=C(C)NC2=C(C(=O)C[C@H](c3ccc(OC)c(OC)c3)C2)[C@H]1c1ccc(OC(C)=O)c(OCC)c1. The molecule has 40 heavy (non-hydrogen) atoms. The molecule has 2 atom stereocenters. The van der Waals surface area contributed by atoms with E-state index in [9.17, 15) is 14.4 Å². The highest BCUT2D eigenvalue weighted by atomic mass is 16.6. The fourth-order valence-corrected chi connectivity index (χ4v) is 5.41. The summed E-state index contributed by atoms with van der Waals surface area (Å²) >= 11 is 0. The van der Waals surface area contributed by atoms with Crippen molar-refractivity contribution in [3.8, 4) is 23.0 Å². The molecule has 0 fully saturated rings. The minimum atomic E-state index is -0.681. The molecular formula is C31H35NO8. The van der Waals surface area contributed by atoms with E-state index in [0.717, 1.165) is 11.3 Å². The van der Waals surface area contributed by atoms with Crippen molar-refractivity contribution in [1.82, 2.24) is 5.32 Å². The zero-order valence-corrected chi connectivity index (χ0v) is 23.7. The zero-order valence-electron chi connectivity index (χ0n) is 23.7. The lowest BCUT2D eigenvalue weighted by Crippen LogP contribution is -2.36. The number of Topliss-reactive ketones (excluding diaryl/α,β-unsaturated/α-hetero) is 1. The summed E-state index contributed by atoms with van der Waals surface area (Å²) in [5, 5.41) is 3.35. The highest BCUT2D eigenvalue weighted by Crippen LogP contribution is 2.47. The van der Waals surface area contributed by atoms with Crippen molar-refractivity contribution in [3.63, 3.8) is 0 Å². The molecule has 1 N–H and O–H groups in total. The van der Waals surface area contributed by atoms with Crippen molar-refractivity contribution in [2.24, 2.45) is 0 Å². The van der Waals surface area contributed by atoms with E-state index in [1.54, 1.807) is 39.3 Å². The normalized spacial score (nSPS) is 18.5. The molecule has 9 heteroatoms. The van der Waals surface area contributed by atoms with E-state index >= 15 is 0 Å². The summed E-state index contributed by atoms with van der Waals surface area (Å²) in [5.41, 5.74) is 3.87. The highest BCUT2D eigenvalue weighted by molar-refractivity contribution is 6.04. The van der Waals surface area contributed by atoms with Crippen LogP contribution in [0.25, 0.3) is 0 Å². The fraction of sp³-hybridized carbons (Fsp3) is 0.387. The Morgan fingerprint density at radius 1 is 0.900 bits per heavy atom. The van der Waals surface area contributed by atoms with E-state index in [1.165, 1.54) is 6.92 Å². The molecule has 9 nitrogen and oxygen atoms in total. The maximum atomic E-state index is 13.9. The van der Waals surface area contributed by atoms with E-state index in [-0.39, 0.29) is 30.5 Å². The van der Waals surface area contributed by atoms with Gasteiger partial charge in [-0.15, -0.1) is 0 Å².